The second-order valence-corrected chi connectivity index (χ2v) is 6.21. The molecular formula is C19H22FNO8. The summed E-state index contributed by atoms with van der Waals surface area (Å²) in [5.41, 5.74) is 0.247. The van der Waals surface area contributed by atoms with Crippen molar-refractivity contribution in [2.75, 3.05) is 40.6 Å². The summed E-state index contributed by atoms with van der Waals surface area (Å²) >= 11 is 0. The van der Waals surface area contributed by atoms with E-state index < -0.39 is 47.3 Å². The highest BCUT2D eigenvalue weighted by Crippen LogP contribution is 2.37. The fourth-order valence-corrected chi connectivity index (χ4v) is 3.00. The van der Waals surface area contributed by atoms with Crippen LogP contribution in [-0.4, -0.2) is 64.4 Å². The van der Waals surface area contributed by atoms with Gasteiger partial charge in [-0.05, 0) is 17.7 Å². The summed E-state index contributed by atoms with van der Waals surface area (Å²) in [5.74, 6) is -8.47. The van der Waals surface area contributed by atoms with Crippen LogP contribution in [0.4, 0.5) is 4.39 Å². The number of hydrogen-bond donors (Lipinski definition) is 1. The molecule has 158 valence electrons. The monoisotopic (exact) mass is 411 g/mol. The Bertz CT molecular complexity index is 711. The topological polar surface area (TPSA) is 117 Å². The lowest BCUT2D eigenvalue weighted by Gasteiger charge is -2.34. The highest BCUT2D eigenvalue weighted by atomic mass is 19.1. The van der Waals surface area contributed by atoms with Gasteiger partial charge < -0.3 is 18.9 Å². The predicted octanol–water partition coefficient (Wildman–Crippen LogP) is 0.177. The van der Waals surface area contributed by atoms with Crippen LogP contribution >= 0.6 is 0 Å². The Balaban J connectivity index is 2.39. The summed E-state index contributed by atoms with van der Waals surface area (Å²) in [6, 6.07) is 4.81. The molecule has 9 nitrogen and oxygen atoms in total. The van der Waals surface area contributed by atoms with Crippen molar-refractivity contribution in [2.45, 2.75) is 5.92 Å². The van der Waals surface area contributed by atoms with E-state index in [9.17, 15) is 23.6 Å². The van der Waals surface area contributed by atoms with Gasteiger partial charge in [0.05, 0.1) is 13.2 Å². The average Bonchev–Trinajstić information content (AvgIpc) is 2.68. The van der Waals surface area contributed by atoms with Gasteiger partial charge in [-0.15, -0.1) is 0 Å². The fourth-order valence-electron chi connectivity index (χ4n) is 3.00. The first-order valence-electron chi connectivity index (χ1n) is 8.82. The van der Waals surface area contributed by atoms with Crippen LogP contribution in [0.15, 0.2) is 24.3 Å². The lowest BCUT2D eigenvalue weighted by molar-refractivity contribution is -0.164. The van der Waals surface area contributed by atoms with Gasteiger partial charge in [-0.25, -0.2) is 4.39 Å². The number of hydrogen-bond acceptors (Lipinski definition) is 8. The summed E-state index contributed by atoms with van der Waals surface area (Å²) in [4.78, 5) is 50.0. The molecule has 0 radical (unpaired) electrons. The molecule has 1 heterocycles. The van der Waals surface area contributed by atoms with Gasteiger partial charge in [0.1, 0.15) is 30.9 Å². The number of imide groups is 1. The zero-order valence-electron chi connectivity index (χ0n) is 16.0. The van der Waals surface area contributed by atoms with E-state index in [1.54, 1.807) is 0 Å². The minimum Gasteiger partial charge on any atom is -0.463 e. The molecule has 3 atom stereocenters. The average molecular weight is 411 g/mol. The van der Waals surface area contributed by atoms with E-state index in [-0.39, 0.29) is 32.0 Å². The molecule has 0 aromatic heterocycles. The van der Waals surface area contributed by atoms with Crippen molar-refractivity contribution in [1.29, 1.82) is 0 Å². The molecule has 1 saturated heterocycles. The first-order chi connectivity index (χ1) is 13.9. The summed E-state index contributed by atoms with van der Waals surface area (Å²) in [6.45, 7) is -0.0380. The highest BCUT2D eigenvalue weighted by molar-refractivity contribution is 6.14. The quantitative estimate of drug-likeness (QED) is 0.265. The normalized spacial score (nSPS) is 21.4. The van der Waals surface area contributed by atoms with Gasteiger partial charge >= 0.3 is 11.9 Å². The molecule has 29 heavy (non-hydrogen) atoms. The van der Waals surface area contributed by atoms with Crippen LogP contribution < -0.4 is 5.32 Å². The standard InChI is InChI=1S/C19H22FNO8/c1-26-7-9-28-18(24)14-13(11-3-5-12(20)6-4-11)15(17(23)21-16(14)22)19(25)29-10-8-27-2/h3-6,13-15H,7-10H2,1-2H3,(H,21,22,23)/t13-,14+,15-. The van der Waals surface area contributed by atoms with Gasteiger partial charge in [0.2, 0.25) is 11.8 Å². The van der Waals surface area contributed by atoms with E-state index in [0.29, 0.717) is 0 Å². The molecule has 1 aromatic rings. The number of rotatable bonds is 9. The zero-order valence-corrected chi connectivity index (χ0v) is 16.0. The van der Waals surface area contributed by atoms with E-state index in [1.807, 2.05) is 5.32 Å². The van der Waals surface area contributed by atoms with E-state index in [4.69, 9.17) is 18.9 Å². The number of nitrogens with one attached hydrogen (secondary N) is 1. The Labute approximate surface area is 166 Å². The molecule has 10 heteroatoms. The number of halogens is 1. The summed E-state index contributed by atoms with van der Waals surface area (Å²) in [6.07, 6.45) is 0. The molecule has 2 amide bonds. The molecule has 0 aliphatic carbocycles. The lowest BCUT2D eigenvalue weighted by atomic mass is 9.73. The van der Waals surface area contributed by atoms with Gasteiger partial charge in [-0.3, -0.25) is 24.5 Å². The van der Waals surface area contributed by atoms with Gasteiger partial charge in [0, 0.05) is 20.1 Å². The molecule has 1 fully saturated rings. The van der Waals surface area contributed by atoms with Crippen LogP contribution in [0, 0.1) is 17.7 Å². The van der Waals surface area contributed by atoms with E-state index in [0.717, 1.165) is 12.1 Å². The Morgan fingerprint density at radius 3 is 1.72 bits per heavy atom. The fraction of sp³-hybridized carbons (Fsp3) is 0.474. The van der Waals surface area contributed by atoms with E-state index in [2.05, 4.69) is 0 Å². The summed E-state index contributed by atoms with van der Waals surface area (Å²) in [5, 5.41) is 2.02. The van der Waals surface area contributed by atoms with Crippen LogP contribution in [0.3, 0.4) is 0 Å². The zero-order chi connectivity index (χ0) is 21.4. The van der Waals surface area contributed by atoms with E-state index >= 15 is 0 Å². The summed E-state index contributed by atoms with van der Waals surface area (Å²) < 4.78 is 33.1. The third-order valence-electron chi connectivity index (χ3n) is 4.36. The van der Waals surface area contributed by atoms with Crippen molar-refractivity contribution >= 4 is 23.8 Å². The van der Waals surface area contributed by atoms with Crippen molar-refractivity contribution < 1.29 is 42.5 Å². The minimum atomic E-state index is -1.50. The van der Waals surface area contributed by atoms with Gasteiger partial charge in [0.25, 0.3) is 0 Å². The first kappa shape index (κ1) is 22.4. The van der Waals surface area contributed by atoms with Crippen molar-refractivity contribution in [3.63, 3.8) is 0 Å². The summed E-state index contributed by atoms with van der Waals surface area (Å²) in [7, 11) is 2.82. The highest BCUT2D eigenvalue weighted by Gasteiger charge is 2.52. The van der Waals surface area contributed by atoms with Crippen LogP contribution in [0.25, 0.3) is 0 Å². The van der Waals surface area contributed by atoms with Gasteiger partial charge in [0.15, 0.2) is 0 Å². The van der Waals surface area contributed by atoms with Crippen molar-refractivity contribution in [1.82, 2.24) is 5.32 Å². The number of carbonyl (C=O) groups is 4. The van der Waals surface area contributed by atoms with Crippen LogP contribution in [0.2, 0.25) is 0 Å². The lowest BCUT2D eigenvalue weighted by Crippen LogP contribution is -2.56. The Kier molecular flexibility index (Phi) is 8.22. The third kappa shape index (κ3) is 5.58. The van der Waals surface area contributed by atoms with Crippen LogP contribution in [-0.2, 0) is 38.1 Å². The molecular weight excluding hydrogens is 389 g/mol. The number of amides is 2. The second kappa shape index (κ2) is 10.6. The largest absolute Gasteiger partial charge is 0.463 e. The van der Waals surface area contributed by atoms with Crippen molar-refractivity contribution in [3.8, 4) is 0 Å². The predicted molar refractivity (Wildman–Crippen MR) is 94.9 cm³/mol. The molecule has 0 saturated carbocycles. The molecule has 0 spiro atoms. The molecule has 2 rings (SSSR count). The second-order valence-electron chi connectivity index (χ2n) is 6.21. The Morgan fingerprint density at radius 1 is 0.862 bits per heavy atom. The molecule has 0 bridgehead atoms. The molecule has 1 aliphatic heterocycles. The Morgan fingerprint density at radius 2 is 1.31 bits per heavy atom. The van der Waals surface area contributed by atoms with Crippen molar-refractivity contribution in [2.24, 2.45) is 11.8 Å². The Hall–Kier alpha value is -2.85. The maximum absolute atomic E-state index is 13.4. The number of ether oxygens (including phenoxy) is 4. The minimum absolute atomic E-state index is 0.0999. The number of piperidine rings is 1. The van der Waals surface area contributed by atoms with Crippen LogP contribution in [0.5, 0.6) is 0 Å². The van der Waals surface area contributed by atoms with Crippen molar-refractivity contribution in [3.05, 3.63) is 35.6 Å². The smallest absolute Gasteiger partial charge is 0.319 e. The number of esters is 2. The SMILES string of the molecule is COCCOC(=O)[C@H]1C(=O)NC(=O)[C@@H](C(=O)OCCOC)[C@H]1c1ccc(F)cc1. The first-order valence-corrected chi connectivity index (χ1v) is 8.82. The van der Waals surface area contributed by atoms with Gasteiger partial charge in [-0.1, -0.05) is 12.1 Å². The third-order valence-corrected chi connectivity index (χ3v) is 4.36. The maximum Gasteiger partial charge on any atom is 0.319 e. The molecule has 1 N–H and O–H groups in total. The number of methoxy groups -OCH3 is 2. The maximum atomic E-state index is 13.4. The molecule has 0 unspecified atom stereocenters. The molecule has 1 aliphatic rings. The van der Waals surface area contributed by atoms with Crippen LogP contribution in [0.1, 0.15) is 11.5 Å². The molecule has 1 aromatic carbocycles. The number of carbonyl (C=O) groups excluding carboxylic acids is 4. The number of benzene rings is 1. The van der Waals surface area contributed by atoms with E-state index in [1.165, 1.54) is 26.4 Å². The van der Waals surface area contributed by atoms with Gasteiger partial charge in [-0.2, -0.15) is 0 Å².